The highest BCUT2D eigenvalue weighted by molar-refractivity contribution is 7.98. The number of ether oxygens (including phenoxy) is 2. The summed E-state index contributed by atoms with van der Waals surface area (Å²) in [7, 11) is 1.33. The molecule has 0 amide bonds. The van der Waals surface area contributed by atoms with E-state index in [2.05, 4.69) is 4.74 Å². The largest absolute Gasteiger partial charge is 0.491 e. The number of esters is 1. The third kappa shape index (κ3) is 3.34. The maximum Gasteiger partial charge on any atom is 0.337 e. The SMILES string of the molecule is COC(=O)c1ccc(OCCSC)c(N)c1. The lowest BCUT2D eigenvalue weighted by Gasteiger charge is -2.09. The van der Waals surface area contributed by atoms with Gasteiger partial charge in [0, 0.05) is 5.75 Å². The summed E-state index contributed by atoms with van der Waals surface area (Å²) in [6.07, 6.45) is 2.01. The molecule has 88 valence electrons. The number of anilines is 1. The van der Waals surface area contributed by atoms with Crippen molar-refractivity contribution in [1.29, 1.82) is 0 Å². The lowest BCUT2D eigenvalue weighted by atomic mass is 10.2. The zero-order chi connectivity index (χ0) is 12.0. The van der Waals surface area contributed by atoms with Gasteiger partial charge in [-0.15, -0.1) is 0 Å². The van der Waals surface area contributed by atoms with E-state index in [0.29, 0.717) is 23.6 Å². The maximum atomic E-state index is 11.2. The van der Waals surface area contributed by atoms with E-state index >= 15 is 0 Å². The first-order chi connectivity index (χ1) is 7.69. The molecule has 0 spiro atoms. The van der Waals surface area contributed by atoms with Crippen LogP contribution in [0, 0.1) is 0 Å². The Morgan fingerprint density at radius 3 is 2.81 bits per heavy atom. The Morgan fingerprint density at radius 2 is 2.25 bits per heavy atom. The van der Waals surface area contributed by atoms with Crippen molar-refractivity contribution in [2.75, 3.05) is 31.5 Å². The van der Waals surface area contributed by atoms with Crippen LogP contribution in [0.2, 0.25) is 0 Å². The molecule has 0 aromatic heterocycles. The first kappa shape index (κ1) is 12.7. The molecule has 0 radical (unpaired) electrons. The van der Waals surface area contributed by atoms with Crippen molar-refractivity contribution in [2.45, 2.75) is 0 Å². The molecule has 1 aromatic carbocycles. The molecule has 1 rings (SSSR count). The minimum absolute atomic E-state index is 0.401. The van der Waals surface area contributed by atoms with Gasteiger partial charge in [-0.25, -0.2) is 4.79 Å². The van der Waals surface area contributed by atoms with Crippen LogP contribution < -0.4 is 10.5 Å². The van der Waals surface area contributed by atoms with E-state index in [-0.39, 0.29) is 0 Å². The highest BCUT2D eigenvalue weighted by Crippen LogP contribution is 2.22. The molecule has 0 aliphatic carbocycles. The fraction of sp³-hybridized carbons (Fsp3) is 0.364. The summed E-state index contributed by atoms with van der Waals surface area (Å²) < 4.78 is 10.0. The van der Waals surface area contributed by atoms with Crippen LogP contribution in [0.1, 0.15) is 10.4 Å². The Balaban J connectivity index is 2.71. The third-order valence-electron chi connectivity index (χ3n) is 1.98. The van der Waals surface area contributed by atoms with Gasteiger partial charge in [0.1, 0.15) is 5.75 Å². The van der Waals surface area contributed by atoms with Crippen LogP contribution in [0.4, 0.5) is 5.69 Å². The monoisotopic (exact) mass is 241 g/mol. The van der Waals surface area contributed by atoms with E-state index in [9.17, 15) is 4.79 Å². The molecule has 0 atom stereocenters. The molecule has 4 nitrogen and oxygen atoms in total. The summed E-state index contributed by atoms with van der Waals surface area (Å²) in [6.45, 7) is 0.600. The zero-order valence-electron chi connectivity index (χ0n) is 9.36. The van der Waals surface area contributed by atoms with Gasteiger partial charge in [0.05, 0.1) is 25.0 Å². The molecule has 0 unspecified atom stereocenters. The summed E-state index contributed by atoms with van der Waals surface area (Å²) in [5.41, 5.74) is 6.63. The second-order valence-electron chi connectivity index (χ2n) is 3.09. The predicted octanol–water partition coefficient (Wildman–Crippen LogP) is 1.80. The van der Waals surface area contributed by atoms with Crippen LogP contribution in [0.25, 0.3) is 0 Å². The maximum absolute atomic E-state index is 11.2. The molecule has 0 bridgehead atoms. The van der Waals surface area contributed by atoms with Crippen molar-refractivity contribution < 1.29 is 14.3 Å². The number of rotatable bonds is 5. The molecule has 1 aromatic rings. The zero-order valence-corrected chi connectivity index (χ0v) is 10.2. The minimum atomic E-state index is -0.401. The molecule has 0 heterocycles. The van der Waals surface area contributed by atoms with E-state index < -0.39 is 5.97 Å². The van der Waals surface area contributed by atoms with Crippen molar-refractivity contribution in [3.63, 3.8) is 0 Å². The van der Waals surface area contributed by atoms with E-state index in [1.54, 1.807) is 30.0 Å². The topological polar surface area (TPSA) is 61.5 Å². The number of benzene rings is 1. The van der Waals surface area contributed by atoms with Crippen LogP contribution >= 0.6 is 11.8 Å². The standard InChI is InChI=1S/C11H15NO3S/c1-14-11(13)8-3-4-10(9(12)7-8)15-5-6-16-2/h3-4,7H,5-6,12H2,1-2H3. The van der Waals surface area contributed by atoms with Gasteiger partial charge in [0.15, 0.2) is 0 Å². The first-order valence-electron chi connectivity index (χ1n) is 4.78. The normalized spacial score (nSPS) is 9.88. The van der Waals surface area contributed by atoms with Crippen molar-refractivity contribution in [3.05, 3.63) is 23.8 Å². The van der Waals surface area contributed by atoms with Gasteiger partial charge in [0.25, 0.3) is 0 Å². The molecule has 16 heavy (non-hydrogen) atoms. The Hall–Kier alpha value is -1.36. The van der Waals surface area contributed by atoms with Crippen LogP contribution in [-0.4, -0.2) is 31.7 Å². The lowest BCUT2D eigenvalue weighted by molar-refractivity contribution is 0.0601. The number of methoxy groups -OCH3 is 1. The number of nitrogen functional groups attached to an aromatic ring is 1. The van der Waals surface area contributed by atoms with Crippen LogP contribution in [0.5, 0.6) is 5.75 Å². The quantitative estimate of drug-likeness (QED) is 0.484. The lowest BCUT2D eigenvalue weighted by Crippen LogP contribution is -2.05. The molecule has 0 saturated heterocycles. The molecule has 0 aliphatic heterocycles. The fourth-order valence-corrected chi connectivity index (χ4v) is 1.41. The number of hydrogen-bond acceptors (Lipinski definition) is 5. The summed E-state index contributed by atoms with van der Waals surface area (Å²) in [4.78, 5) is 11.2. The number of thioether (sulfide) groups is 1. The summed E-state index contributed by atoms with van der Waals surface area (Å²) in [5, 5.41) is 0. The van der Waals surface area contributed by atoms with Crippen LogP contribution in [0.3, 0.4) is 0 Å². The number of carbonyl (C=O) groups excluding carboxylic acids is 1. The Bertz CT molecular complexity index is 368. The minimum Gasteiger partial charge on any atom is -0.491 e. The Morgan fingerprint density at radius 1 is 1.50 bits per heavy atom. The van der Waals surface area contributed by atoms with Gasteiger partial charge in [-0.1, -0.05) is 0 Å². The van der Waals surface area contributed by atoms with Crippen molar-refractivity contribution in [2.24, 2.45) is 0 Å². The average Bonchev–Trinajstić information content (AvgIpc) is 2.30. The first-order valence-corrected chi connectivity index (χ1v) is 6.18. The highest BCUT2D eigenvalue weighted by Gasteiger charge is 2.08. The highest BCUT2D eigenvalue weighted by atomic mass is 32.2. The van der Waals surface area contributed by atoms with Gasteiger partial charge >= 0.3 is 5.97 Å². The average molecular weight is 241 g/mol. The van der Waals surface area contributed by atoms with E-state index in [0.717, 1.165) is 5.75 Å². The van der Waals surface area contributed by atoms with Gasteiger partial charge in [-0.2, -0.15) is 11.8 Å². The predicted molar refractivity (Wildman–Crippen MR) is 66.1 cm³/mol. The van der Waals surface area contributed by atoms with Gasteiger partial charge in [-0.05, 0) is 24.5 Å². The van der Waals surface area contributed by atoms with E-state index in [1.165, 1.54) is 7.11 Å². The van der Waals surface area contributed by atoms with Crippen molar-refractivity contribution >= 4 is 23.4 Å². The smallest absolute Gasteiger partial charge is 0.337 e. The fourth-order valence-electron chi connectivity index (χ4n) is 1.16. The van der Waals surface area contributed by atoms with Gasteiger partial charge < -0.3 is 15.2 Å². The molecule has 0 saturated carbocycles. The third-order valence-corrected chi connectivity index (χ3v) is 2.55. The molecule has 0 fully saturated rings. The van der Waals surface area contributed by atoms with E-state index in [1.807, 2.05) is 6.26 Å². The van der Waals surface area contributed by atoms with Crippen molar-refractivity contribution in [3.8, 4) is 5.75 Å². The Kier molecular flexibility index (Phi) is 4.98. The molecular formula is C11H15NO3S. The second kappa shape index (κ2) is 6.27. The van der Waals surface area contributed by atoms with Gasteiger partial charge in [-0.3, -0.25) is 0 Å². The summed E-state index contributed by atoms with van der Waals surface area (Å²) in [6, 6.07) is 4.87. The molecule has 0 aliphatic rings. The number of nitrogens with two attached hydrogens (primary N) is 1. The van der Waals surface area contributed by atoms with E-state index in [4.69, 9.17) is 10.5 Å². The Labute approximate surface area is 99.1 Å². The second-order valence-corrected chi connectivity index (χ2v) is 4.07. The van der Waals surface area contributed by atoms with Crippen LogP contribution in [0.15, 0.2) is 18.2 Å². The van der Waals surface area contributed by atoms with Crippen LogP contribution in [-0.2, 0) is 4.74 Å². The molecule has 5 heteroatoms. The number of hydrogen-bond donors (Lipinski definition) is 1. The molecular weight excluding hydrogens is 226 g/mol. The summed E-state index contributed by atoms with van der Waals surface area (Å²) in [5.74, 6) is 1.10. The van der Waals surface area contributed by atoms with Gasteiger partial charge in [0.2, 0.25) is 0 Å². The van der Waals surface area contributed by atoms with Crippen molar-refractivity contribution in [1.82, 2.24) is 0 Å². The number of carbonyl (C=O) groups is 1. The molecule has 2 N–H and O–H groups in total. The summed E-state index contributed by atoms with van der Waals surface area (Å²) >= 11 is 1.70.